The van der Waals surface area contributed by atoms with Crippen LogP contribution in [0.5, 0.6) is 0 Å². The predicted molar refractivity (Wildman–Crippen MR) is 88.7 cm³/mol. The second-order valence-electron chi connectivity index (χ2n) is 5.88. The Morgan fingerprint density at radius 3 is 2.33 bits per heavy atom. The smallest absolute Gasteiger partial charge is 0.224 e. The first-order valence-electron chi connectivity index (χ1n) is 7.13. The van der Waals surface area contributed by atoms with Crippen molar-refractivity contribution < 1.29 is 4.79 Å². The van der Waals surface area contributed by atoms with Crippen LogP contribution < -0.4 is 4.90 Å². The summed E-state index contributed by atoms with van der Waals surface area (Å²) in [7, 11) is 0. The molecule has 0 N–H and O–H groups in total. The van der Waals surface area contributed by atoms with E-state index in [9.17, 15) is 4.79 Å². The van der Waals surface area contributed by atoms with Gasteiger partial charge in [0, 0.05) is 16.6 Å². The van der Waals surface area contributed by atoms with Gasteiger partial charge in [-0.1, -0.05) is 42.5 Å². The monoisotopic (exact) mass is 297 g/mol. The van der Waals surface area contributed by atoms with Crippen LogP contribution in [0.15, 0.2) is 59.5 Å². The summed E-state index contributed by atoms with van der Waals surface area (Å²) in [6.07, 6.45) is 0. The molecule has 0 saturated carbocycles. The molecule has 0 aliphatic carbocycles. The highest BCUT2D eigenvalue weighted by Crippen LogP contribution is 2.53. The van der Waals surface area contributed by atoms with Crippen LogP contribution in [0.4, 0.5) is 5.69 Å². The molecule has 0 spiro atoms. The fourth-order valence-corrected chi connectivity index (χ4v) is 4.41. The Labute approximate surface area is 130 Å². The number of hydrogen-bond donors (Lipinski definition) is 0. The van der Waals surface area contributed by atoms with E-state index in [4.69, 9.17) is 0 Å². The third-order valence-electron chi connectivity index (χ3n) is 3.87. The van der Waals surface area contributed by atoms with E-state index in [1.165, 1.54) is 10.5 Å². The van der Waals surface area contributed by atoms with Gasteiger partial charge in [-0.15, -0.1) is 11.8 Å². The predicted octanol–water partition coefficient (Wildman–Crippen LogP) is 4.67. The summed E-state index contributed by atoms with van der Waals surface area (Å²) in [4.78, 5) is 15.5. The lowest BCUT2D eigenvalue weighted by Gasteiger charge is -2.46. The number of nitrogens with zero attached hydrogens (tertiary/aromatic N) is 1. The van der Waals surface area contributed by atoms with Gasteiger partial charge >= 0.3 is 0 Å². The van der Waals surface area contributed by atoms with Crippen LogP contribution in [0.2, 0.25) is 0 Å². The SMILES string of the molecule is CC(=O)N1c2ccccc2SC(C)(C)C1c1ccccc1. The van der Waals surface area contributed by atoms with Gasteiger partial charge in [-0.25, -0.2) is 0 Å². The molecular weight excluding hydrogens is 278 g/mol. The maximum atomic E-state index is 12.3. The van der Waals surface area contributed by atoms with E-state index in [0.29, 0.717) is 0 Å². The summed E-state index contributed by atoms with van der Waals surface area (Å²) < 4.78 is -0.0820. The average molecular weight is 297 g/mol. The van der Waals surface area contributed by atoms with Crippen LogP contribution in [0, 0.1) is 0 Å². The number of benzene rings is 2. The van der Waals surface area contributed by atoms with E-state index in [2.05, 4.69) is 32.0 Å². The maximum absolute atomic E-state index is 12.3. The Hall–Kier alpha value is -1.74. The second-order valence-corrected chi connectivity index (χ2v) is 7.57. The highest BCUT2D eigenvalue weighted by Gasteiger charge is 2.43. The number of thioether (sulfide) groups is 1. The van der Waals surface area contributed by atoms with E-state index in [0.717, 1.165) is 5.69 Å². The van der Waals surface area contributed by atoms with E-state index < -0.39 is 0 Å². The molecule has 2 aromatic rings. The molecule has 1 atom stereocenters. The lowest BCUT2D eigenvalue weighted by atomic mass is 9.92. The van der Waals surface area contributed by atoms with Crippen molar-refractivity contribution in [3.63, 3.8) is 0 Å². The number of amides is 1. The van der Waals surface area contributed by atoms with Gasteiger partial charge in [-0.05, 0) is 31.5 Å². The van der Waals surface area contributed by atoms with Crippen molar-refractivity contribution in [3.8, 4) is 0 Å². The fourth-order valence-electron chi connectivity index (χ4n) is 3.07. The number of fused-ring (bicyclic) bond motifs is 1. The van der Waals surface area contributed by atoms with Gasteiger partial charge in [0.2, 0.25) is 5.91 Å². The Morgan fingerprint density at radius 1 is 1.05 bits per heavy atom. The van der Waals surface area contributed by atoms with Crippen LogP contribution in [-0.2, 0) is 4.79 Å². The molecule has 21 heavy (non-hydrogen) atoms. The minimum Gasteiger partial charge on any atom is -0.303 e. The summed E-state index contributed by atoms with van der Waals surface area (Å²) in [6.45, 7) is 6.07. The molecule has 2 aromatic carbocycles. The van der Waals surface area contributed by atoms with E-state index in [1.807, 2.05) is 53.1 Å². The molecule has 0 bridgehead atoms. The molecule has 3 heteroatoms. The van der Waals surface area contributed by atoms with Gasteiger partial charge in [0.25, 0.3) is 0 Å². The minimum absolute atomic E-state index is 0.0381. The summed E-state index contributed by atoms with van der Waals surface area (Å²) >= 11 is 1.84. The first kappa shape index (κ1) is 14.2. The van der Waals surface area contributed by atoms with Crippen LogP contribution in [0.3, 0.4) is 0 Å². The standard InChI is InChI=1S/C18H19NOS/c1-13(20)19-15-11-7-8-12-16(15)21-18(2,3)17(19)14-9-5-4-6-10-14/h4-12,17H,1-3H3. The first-order valence-corrected chi connectivity index (χ1v) is 7.95. The third kappa shape index (κ3) is 2.46. The van der Waals surface area contributed by atoms with Gasteiger partial charge in [0.1, 0.15) is 0 Å². The molecule has 0 radical (unpaired) electrons. The van der Waals surface area contributed by atoms with Crippen molar-refractivity contribution >= 4 is 23.4 Å². The molecule has 1 heterocycles. The molecule has 0 fully saturated rings. The average Bonchev–Trinajstić information content (AvgIpc) is 2.45. The number of para-hydroxylation sites is 1. The second kappa shape index (κ2) is 5.23. The fraction of sp³-hybridized carbons (Fsp3) is 0.278. The first-order chi connectivity index (χ1) is 10.0. The van der Waals surface area contributed by atoms with Crippen molar-refractivity contribution in [2.75, 3.05) is 4.90 Å². The lowest BCUT2D eigenvalue weighted by Crippen LogP contribution is -2.46. The number of carbonyl (C=O) groups is 1. The topological polar surface area (TPSA) is 20.3 Å². The zero-order chi connectivity index (χ0) is 15.0. The molecule has 1 amide bonds. The van der Waals surface area contributed by atoms with E-state index >= 15 is 0 Å². The van der Waals surface area contributed by atoms with Crippen LogP contribution in [-0.4, -0.2) is 10.7 Å². The van der Waals surface area contributed by atoms with Crippen molar-refractivity contribution in [1.29, 1.82) is 0 Å². The Morgan fingerprint density at radius 2 is 1.67 bits per heavy atom. The van der Waals surface area contributed by atoms with E-state index in [1.54, 1.807) is 6.92 Å². The summed E-state index contributed by atoms with van der Waals surface area (Å²) in [5.74, 6) is 0.0877. The Balaban J connectivity index is 2.19. The lowest BCUT2D eigenvalue weighted by molar-refractivity contribution is -0.117. The largest absolute Gasteiger partial charge is 0.303 e. The molecule has 1 aliphatic rings. The molecule has 1 aliphatic heterocycles. The van der Waals surface area contributed by atoms with Crippen LogP contribution in [0.25, 0.3) is 0 Å². The normalized spacial score (nSPS) is 20.0. The van der Waals surface area contributed by atoms with Crippen LogP contribution >= 0.6 is 11.8 Å². The van der Waals surface area contributed by atoms with Crippen molar-refractivity contribution in [2.45, 2.75) is 36.5 Å². The molecule has 0 aromatic heterocycles. The van der Waals surface area contributed by atoms with Crippen molar-refractivity contribution in [3.05, 3.63) is 60.2 Å². The van der Waals surface area contributed by atoms with Crippen molar-refractivity contribution in [2.24, 2.45) is 0 Å². The van der Waals surface area contributed by atoms with Gasteiger partial charge in [-0.2, -0.15) is 0 Å². The van der Waals surface area contributed by atoms with E-state index in [-0.39, 0.29) is 16.7 Å². The number of rotatable bonds is 1. The summed E-state index contributed by atoms with van der Waals surface area (Å²) in [6, 6.07) is 18.5. The maximum Gasteiger partial charge on any atom is 0.224 e. The van der Waals surface area contributed by atoms with Crippen molar-refractivity contribution in [1.82, 2.24) is 0 Å². The Kier molecular flexibility index (Phi) is 3.54. The van der Waals surface area contributed by atoms with Gasteiger partial charge in [0.15, 0.2) is 0 Å². The quantitative estimate of drug-likeness (QED) is 0.762. The third-order valence-corrected chi connectivity index (χ3v) is 5.18. The zero-order valence-corrected chi connectivity index (χ0v) is 13.4. The molecule has 0 saturated heterocycles. The van der Waals surface area contributed by atoms with Gasteiger partial charge in [0.05, 0.1) is 11.7 Å². The number of anilines is 1. The number of hydrogen-bond acceptors (Lipinski definition) is 2. The Bertz CT molecular complexity index is 666. The molecule has 108 valence electrons. The summed E-state index contributed by atoms with van der Waals surface area (Å²) in [5, 5.41) is 0. The highest BCUT2D eigenvalue weighted by atomic mass is 32.2. The minimum atomic E-state index is -0.0820. The molecule has 3 rings (SSSR count). The number of carbonyl (C=O) groups excluding carboxylic acids is 1. The highest BCUT2D eigenvalue weighted by molar-refractivity contribution is 8.01. The molecule has 1 unspecified atom stereocenters. The molecule has 2 nitrogen and oxygen atoms in total. The van der Waals surface area contributed by atoms with Gasteiger partial charge < -0.3 is 4.90 Å². The zero-order valence-electron chi connectivity index (χ0n) is 12.5. The van der Waals surface area contributed by atoms with Crippen LogP contribution in [0.1, 0.15) is 32.4 Å². The van der Waals surface area contributed by atoms with Gasteiger partial charge in [-0.3, -0.25) is 4.79 Å². The molecular formula is C18H19NOS. The summed E-state index contributed by atoms with van der Waals surface area (Å²) in [5.41, 5.74) is 2.20.